The maximum Gasteiger partial charge on any atom is 0.237 e. The Morgan fingerprint density at radius 1 is 1.27 bits per heavy atom. The molecule has 1 unspecified atom stereocenters. The summed E-state index contributed by atoms with van der Waals surface area (Å²) in [5.41, 5.74) is 8.08. The molecule has 0 radical (unpaired) electrons. The number of benzene rings is 1. The van der Waals surface area contributed by atoms with Crippen LogP contribution in [0.4, 0.5) is 0 Å². The first kappa shape index (κ1) is 18.7. The lowest BCUT2D eigenvalue weighted by Gasteiger charge is -2.19. The van der Waals surface area contributed by atoms with E-state index < -0.39 is 6.04 Å². The molecule has 1 heterocycles. The summed E-state index contributed by atoms with van der Waals surface area (Å²) in [5, 5.41) is 5.05. The van der Waals surface area contributed by atoms with Gasteiger partial charge in [-0.2, -0.15) is 0 Å². The van der Waals surface area contributed by atoms with Crippen molar-refractivity contribution in [1.82, 2.24) is 5.32 Å². The standard InChI is InChI=1S/C17H22N2OS.ClH/c1-3-5-13-7-9-14(10-8-13)16(15-6-4-11-21-15)19-17(20)12(2)18;/h4,6-12,16H,3,5,18H2,1-2H3,(H,19,20);1H/t12-,16?;/m1./s1. The van der Waals surface area contributed by atoms with E-state index in [-0.39, 0.29) is 24.4 Å². The van der Waals surface area contributed by atoms with Crippen LogP contribution in [0, 0.1) is 0 Å². The number of carbonyl (C=O) groups is 1. The van der Waals surface area contributed by atoms with Crippen LogP contribution in [-0.2, 0) is 11.2 Å². The minimum Gasteiger partial charge on any atom is -0.343 e. The lowest BCUT2D eigenvalue weighted by Crippen LogP contribution is -2.40. The van der Waals surface area contributed by atoms with Gasteiger partial charge >= 0.3 is 0 Å². The third-order valence-electron chi connectivity index (χ3n) is 3.38. The molecule has 22 heavy (non-hydrogen) atoms. The van der Waals surface area contributed by atoms with Crippen LogP contribution in [-0.4, -0.2) is 11.9 Å². The fraction of sp³-hybridized carbons (Fsp3) is 0.353. The lowest BCUT2D eigenvalue weighted by molar-refractivity contribution is -0.122. The van der Waals surface area contributed by atoms with Crippen LogP contribution in [0.1, 0.15) is 42.3 Å². The van der Waals surface area contributed by atoms with Crippen molar-refractivity contribution >= 4 is 29.7 Å². The average Bonchev–Trinajstić information content (AvgIpc) is 2.99. The second-order valence-electron chi connectivity index (χ2n) is 5.24. The summed E-state index contributed by atoms with van der Waals surface area (Å²) in [7, 11) is 0. The molecule has 3 N–H and O–H groups in total. The van der Waals surface area contributed by atoms with Gasteiger partial charge in [-0.05, 0) is 35.9 Å². The van der Waals surface area contributed by atoms with Gasteiger partial charge in [-0.1, -0.05) is 43.7 Å². The van der Waals surface area contributed by atoms with Crippen molar-refractivity contribution in [1.29, 1.82) is 0 Å². The van der Waals surface area contributed by atoms with Crippen molar-refractivity contribution in [2.24, 2.45) is 5.73 Å². The number of hydrogen-bond acceptors (Lipinski definition) is 3. The van der Waals surface area contributed by atoms with Gasteiger partial charge in [0.2, 0.25) is 5.91 Å². The summed E-state index contributed by atoms with van der Waals surface area (Å²) in [6.45, 7) is 3.87. The average molecular weight is 339 g/mol. The fourth-order valence-electron chi connectivity index (χ4n) is 2.21. The van der Waals surface area contributed by atoms with Crippen LogP contribution in [0.2, 0.25) is 0 Å². The number of halogens is 1. The van der Waals surface area contributed by atoms with Crippen molar-refractivity contribution in [2.75, 3.05) is 0 Å². The Balaban J connectivity index is 0.00000242. The lowest BCUT2D eigenvalue weighted by atomic mass is 10.0. The van der Waals surface area contributed by atoms with E-state index in [0.29, 0.717) is 0 Å². The Kier molecular flexibility index (Phi) is 7.59. The van der Waals surface area contributed by atoms with Gasteiger partial charge in [0.05, 0.1) is 12.1 Å². The number of amides is 1. The molecule has 0 aliphatic rings. The zero-order valence-electron chi connectivity index (χ0n) is 12.9. The highest BCUT2D eigenvalue weighted by Gasteiger charge is 2.19. The topological polar surface area (TPSA) is 55.1 Å². The Morgan fingerprint density at radius 3 is 2.45 bits per heavy atom. The fourth-order valence-corrected chi connectivity index (χ4v) is 3.02. The van der Waals surface area contributed by atoms with Crippen LogP contribution >= 0.6 is 23.7 Å². The van der Waals surface area contributed by atoms with Gasteiger partial charge in [-0.3, -0.25) is 4.79 Å². The number of carbonyl (C=O) groups excluding carboxylic acids is 1. The van der Waals surface area contributed by atoms with Gasteiger partial charge in [0.25, 0.3) is 0 Å². The second-order valence-corrected chi connectivity index (χ2v) is 6.22. The second kappa shape index (κ2) is 8.93. The van der Waals surface area contributed by atoms with Crippen molar-refractivity contribution in [3.8, 4) is 0 Å². The van der Waals surface area contributed by atoms with E-state index in [2.05, 4.69) is 36.5 Å². The molecule has 0 fully saturated rings. The molecule has 2 aromatic rings. The van der Waals surface area contributed by atoms with Crippen LogP contribution in [0.15, 0.2) is 41.8 Å². The minimum absolute atomic E-state index is 0. The van der Waals surface area contributed by atoms with Crippen molar-refractivity contribution in [3.05, 3.63) is 57.8 Å². The summed E-state index contributed by atoms with van der Waals surface area (Å²) in [5.74, 6) is -0.133. The molecule has 0 saturated heterocycles. The van der Waals surface area contributed by atoms with Crippen molar-refractivity contribution < 1.29 is 4.79 Å². The van der Waals surface area contributed by atoms with E-state index in [1.807, 2.05) is 17.5 Å². The molecular weight excluding hydrogens is 316 g/mol. The number of nitrogens with one attached hydrogen (secondary N) is 1. The van der Waals surface area contributed by atoms with Crippen molar-refractivity contribution in [3.63, 3.8) is 0 Å². The van der Waals surface area contributed by atoms with Gasteiger partial charge in [0.1, 0.15) is 0 Å². The number of hydrogen-bond donors (Lipinski definition) is 2. The summed E-state index contributed by atoms with van der Waals surface area (Å²) in [6, 6.07) is 11.9. The third-order valence-corrected chi connectivity index (χ3v) is 4.32. The zero-order valence-corrected chi connectivity index (χ0v) is 14.5. The maximum absolute atomic E-state index is 12.0. The first-order valence-electron chi connectivity index (χ1n) is 7.30. The smallest absolute Gasteiger partial charge is 0.237 e. The Labute approximate surface area is 142 Å². The van der Waals surface area contributed by atoms with E-state index in [1.54, 1.807) is 18.3 Å². The van der Waals surface area contributed by atoms with Gasteiger partial charge in [0, 0.05) is 4.88 Å². The Hall–Kier alpha value is -1.36. The number of aryl methyl sites for hydroxylation is 1. The largest absolute Gasteiger partial charge is 0.343 e. The van der Waals surface area contributed by atoms with Crippen LogP contribution < -0.4 is 11.1 Å². The minimum atomic E-state index is -0.508. The Morgan fingerprint density at radius 2 is 1.95 bits per heavy atom. The van der Waals surface area contributed by atoms with E-state index in [0.717, 1.165) is 23.3 Å². The monoisotopic (exact) mass is 338 g/mol. The highest BCUT2D eigenvalue weighted by Crippen LogP contribution is 2.26. The predicted molar refractivity (Wildman–Crippen MR) is 95.6 cm³/mol. The van der Waals surface area contributed by atoms with E-state index >= 15 is 0 Å². The van der Waals surface area contributed by atoms with E-state index in [4.69, 9.17) is 5.73 Å². The molecule has 1 aromatic carbocycles. The molecule has 5 heteroatoms. The highest BCUT2D eigenvalue weighted by molar-refractivity contribution is 7.10. The molecular formula is C17H23ClN2OS. The molecule has 0 bridgehead atoms. The molecule has 0 aliphatic heterocycles. The highest BCUT2D eigenvalue weighted by atomic mass is 35.5. The molecule has 2 rings (SSSR count). The summed E-state index contributed by atoms with van der Waals surface area (Å²) in [4.78, 5) is 13.1. The molecule has 2 atom stereocenters. The summed E-state index contributed by atoms with van der Waals surface area (Å²) in [6.07, 6.45) is 2.21. The Bertz CT molecular complexity index is 567. The summed E-state index contributed by atoms with van der Waals surface area (Å²) >= 11 is 1.64. The number of thiophene rings is 1. The molecule has 1 aromatic heterocycles. The van der Waals surface area contributed by atoms with Gasteiger partial charge in [0.15, 0.2) is 0 Å². The third kappa shape index (κ3) is 4.83. The normalized spacial score (nSPS) is 13.0. The molecule has 3 nitrogen and oxygen atoms in total. The molecule has 0 aliphatic carbocycles. The summed E-state index contributed by atoms with van der Waals surface area (Å²) < 4.78 is 0. The predicted octanol–water partition coefficient (Wildman–Crippen LogP) is 3.68. The quantitative estimate of drug-likeness (QED) is 0.844. The van der Waals surface area contributed by atoms with Crippen molar-refractivity contribution in [2.45, 2.75) is 38.8 Å². The SMILES string of the molecule is CCCc1ccc(C(NC(=O)[C@@H](C)N)c2cccs2)cc1.Cl. The van der Waals surface area contributed by atoms with E-state index in [1.165, 1.54) is 5.56 Å². The zero-order chi connectivity index (χ0) is 15.2. The van der Waals surface area contributed by atoms with Crippen LogP contribution in [0.25, 0.3) is 0 Å². The first-order chi connectivity index (χ1) is 10.1. The molecule has 0 saturated carbocycles. The van der Waals surface area contributed by atoms with Gasteiger partial charge in [-0.25, -0.2) is 0 Å². The number of nitrogens with two attached hydrogens (primary N) is 1. The van der Waals surface area contributed by atoms with Crippen LogP contribution in [0.3, 0.4) is 0 Å². The van der Waals surface area contributed by atoms with E-state index in [9.17, 15) is 4.79 Å². The van der Waals surface area contributed by atoms with Gasteiger partial charge in [-0.15, -0.1) is 23.7 Å². The van der Waals surface area contributed by atoms with Gasteiger partial charge < -0.3 is 11.1 Å². The first-order valence-corrected chi connectivity index (χ1v) is 8.18. The number of rotatable bonds is 6. The molecule has 0 spiro atoms. The molecule has 120 valence electrons. The maximum atomic E-state index is 12.0. The molecule has 1 amide bonds. The van der Waals surface area contributed by atoms with Crippen LogP contribution in [0.5, 0.6) is 0 Å².